The number of nitrogens with zero attached hydrogens (tertiary/aromatic N) is 4. The third-order valence-corrected chi connectivity index (χ3v) is 13.3. The smallest absolute Gasteiger partial charge is 0.231 e. The standard InChI is InChI=1S/C34H52N4O/c1-21-10-5-7-16-29(21)38-31(22-11-3-2-4-12-22)20-28(36-38)23-18-19-26-32-24(23)13-9-14-25(32)33-35-27-15-6-8-17-30(27)37(33)34(26)39/h21-27,29-32H,2-20H2,1H3. The van der Waals surface area contributed by atoms with E-state index in [1.165, 1.54) is 121 Å². The number of hydrazone groups is 1. The van der Waals surface area contributed by atoms with E-state index >= 15 is 0 Å². The van der Waals surface area contributed by atoms with Crippen molar-refractivity contribution in [2.75, 3.05) is 0 Å². The second-order valence-corrected chi connectivity index (χ2v) is 15.2. The number of carbonyl (C=O) groups is 1. The summed E-state index contributed by atoms with van der Waals surface area (Å²) in [5, 5.41) is 8.42. The Hall–Kier alpha value is -1.39. The Bertz CT molecular complexity index is 1010. The molecule has 5 heteroatoms. The maximum Gasteiger partial charge on any atom is 0.231 e. The average molecular weight is 533 g/mol. The predicted octanol–water partition coefficient (Wildman–Crippen LogP) is 7.20. The Balaban J connectivity index is 1.09. The van der Waals surface area contributed by atoms with Crippen molar-refractivity contribution >= 4 is 17.5 Å². The van der Waals surface area contributed by atoms with Crippen LogP contribution in [-0.2, 0) is 4.79 Å². The lowest BCUT2D eigenvalue weighted by Crippen LogP contribution is -2.61. The maximum atomic E-state index is 14.1. The molecule has 0 aromatic rings. The van der Waals surface area contributed by atoms with E-state index in [0.717, 1.165) is 18.3 Å². The zero-order valence-corrected chi connectivity index (χ0v) is 24.5. The van der Waals surface area contributed by atoms with Gasteiger partial charge in [-0.25, -0.2) is 0 Å². The lowest BCUT2D eigenvalue weighted by atomic mass is 9.54. The van der Waals surface area contributed by atoms with Gasteiger partial charge in [-0.1, -0.05) is 58.3 Å². The first-order chi connectivity index (χ1) is 19.2. The van der Waals surface area contributed by atoms with E-state index in [4.69, 9.17) is 10.1 Å². The summed E-state index contributed by atoms with van der Waals surface area (Å²) in [5.41, 5.74) is 1.56. The Kier molecular flexibility index (Phi) is 6.60. The van der Waals surface area contributed by atoms with Gasteiger partial charge < -0.3 is 0 Å². The number of carbonyl (C=O) groups excluding carboxylic acids is 1. The van der Waals surface area contributed by atoms with Gasteiger partial charge in [-0.2, -0.15) is 5.10 Å². The molecule has 0 radical (unpaired) electrons. The molecule has 0 N–H and O–H groups in total. The van der Waals surface area contributed by atoms with Gasteiger partial charge in [-0.15, -0.1) is 0 Å². The second-order valence-electron chi connectivity index (χ2n) is 15.2. The fourth-order valence-corrected chi connectivity index (χ4v) is 11.5. The van der Waals surface area contributed by atoms with Gasteiger partial charge in [0.2, 0.25) is 5.91 Å². The van der Waals surface area contributed by atoms with Crippen molar-refractivity contribution in [3.8, 4) is 0 Å². The number of amides is 1. The highest BCUT2D eigenvalue weighted by atomic mass is 16.2. The van der Waals surface area contributed by atoms with Crippen LogP contribution in [0.3, 0.4) is 0 Å². The van der Waals surface area contributed by atoms with Crippen LogP contribution in [0.4, 0.5) is 0 Å². The molecule has 0 bridgehead atoms. The molecule has 1 saturated heterocycles. The zero-order valence-electron chi connectivity index (χ0n) is 24.5. The first-order valence-electron chi connectivity index (χ1n) is 17.5. The molecule has 10 unspecified atom stereocenters. The van der Waals surface area contributed by atoms with Crippen LogP contribution in [0.2, 0.25) is 0 Å². The molecule has 6 fully saturated rings. The number of piperidine rings is 1. The molecule has 0 spiro atoms. The summed E-state index contributed by atoms with van der Waals surface area (Å²) >= 11 is 0. The highest BCUT2D eigenvalue weighted by Gasteiger charge is 2.59. The Morgan fingerprint density at radius 3 is 2.26 bits per heavy atom. The highest BCUT2D eigenvalue weighted by molar-refractivity contribution is 6.05. The molecule has 3 aliphatic heterocycles. The summed E-state index contributed by atoms with van der Waals surface area (Å²) in [6, 6.07) is 2.09. The van der Waals surface area contributed by atoms with Gasteiger partial charge in [0.1, 0.15) is 5.84 Å². The van der Waals surface area contributed by atoms with Crippen molar-refractivity contribution in [2.24, 2.45) is 51.5 Å². The van der Waals surface area contributed by atoms with E-state index in [0.29, 0.717) is 53.7 Å². The normalized spacial score (nSPS) is 46.3. The lowest BCUT2D eigenvalue weighted by Gasteiger charge is -2.54. The molecule has 3 heterocycles. The second kappa shape index (κ2) is 10.2. The van der Waals surface area contributed by atoms with Gasteiger partial charge in [0.05, 0.1) is 18.1 Å². The lowest BCUT2D eigenvalue weighted by molar-refractivity contribution is -0.143. The van der Waals surface area contributed by atoms with Crippen molar-refractivity contribution in [1.29, 1.82) is 0 Å². The summed E-state index contributed by atoms with van der Waals surface area (Å²) in [6.45, 7) is 2.51. The predicted molar refractivity (Wildman–Crippen MR) is 157 cm³/mol. The van der Waals surface area contributed by atoms with E-state index in [1.807, 2.05) is 0 Å². The Morgan fingerprint density at radius 1 is 0.667 bits per heavy atom. The van der Waals surface area contributed by atoms with Crippen LogP contribution in [-0.4, -0.2) is 51.5 Å². The first-order valence-corrected chi connectivity index (χ1v) is 17.5. The molecule has 214 valence electrons. The van der Waals surface area contributed by atoms with Crippen LogP contribution >= 0.6 is 0 Å². The highest BCUT2D eigenvalue weighted by Crippen LogP contribution is 2.56. The minimum atomic E-state index is 0.252. The van der Waals surface area contributed by atoms with Gasteiger partial charge in [0, 0.05) is 35.9 Å². The molecule has 0 aromatic heterocycles. The summed E-state index contributed by atoms with van der Waals surface area (Å²) in [4.78, 5) is 21.8. The van der Waals surface area contributed by atoms with E-state index in [1.54, 1.807) is 5.71 Å². The number of rotatable bonds is 3. The minimum absolute atomic E-state index is 0.252. The number of aliphatic imine (C=N–C) groups is 1. The summed E-state index contributed by atoms with van der Waals surface area (Å²) < 4.78 is 0. The molecule has 1 amide bonds. The van der Waals surface area contributed by atoms with Gasteiger partial charge in [0.25, 0.3) is 0 Å². The van der Waals surface area contributed by atoms with Gasteiger partial charge in [-0.3, -0.25) is 19.7 Å². The topological polar surface area (TPSA) is 48.3 Å². The number of hydrogen-bond donors (Lipinski definition) is 0. The molecule has 8 rings (SSSR count). The maximum absolute atomic E-state index is 14.1. The molecule has 0 aromatic carbocycles. The third kappa shape index (κ3) is 4.09. The SMILES string of the molecule is CC1CCCCC1N1N=C(C2CCC3C(=O)N4C(=NC5CCCCC54)C4CCCC2C34)CC1C1CCCCC1. The first kappa shape index (κ1) is 25.3. The fraction of sp³-hybridized carbons (Fsp3) is 0.912. The number of amidine groups is 1. The molecule has 10 atom stereocenters. The average Bonchev–Trinajstić information content (AvgIpc) is 3.59. The summed E-state index contributed by atoms with van der Waals surface area (Å²) in [7, 11) is 0. The van der Waals surface area contributed by atoms with Crippen molar-refractivity contribution in [2.45, 2.75) is 153 Å². The molecule has 39 heavy (non-hydrogen) atoms. The van der Waals surface area contributed by atoms with Crippen LogP contribution in [0.1, 0.15) is 129 Å². The molecule has 5 nitrogen and oxygen atoms in total. The molecular weight excluding hydrogens is 480 g/mol. The monoisotopic (exact) mass is 532 g/mol. The van der Waals surface area contributed by atoms with Crippen LogP contribution < -0.4 is 0 Å². The van der Waals surface area contributed by atoms with E-state index < -0.39 is 0 Å². The zero-order chi connectivity index (χ0) is 26.1. The Morgan fingerprint density at radius 2 is 1.41 bits per heavy atom. The number of hydrogen-bond acceptors (Lipinski definition) is 4. The van der Waals surface area contributed by atoms with Crippen molar-refractivity contribution in [3.63, 3.8) is 0 Å². The summed E-state index contributed by atoms with van der Waals surface area (Å²) in [6.07, 6.45) is 24.9. The van der Waals surface area contributed by atoms with E-state index in [9.17, 15) is 4.79 Å². The van der Waals surface area contributed by atoms with Crippen LogP contribution in [0.5, 0.6) is 0 Å². The molecule has 5 aliphatic carbocycles. The van der Waals surface area contributed by atoms with Crippen LogP contribution in [0.25, 0.3) is 0 Å². The van der Waals surface area contributed by atoms with Gasteiger partial charge in [-0.05, 0) is 87.9 Å². The van der Waals surface area contributed by atoms with Gasteiger partial charge in [0.15, 0.2) is 0 Å². The summed E-state index contributed by atoms with van der Waals surface area (Å²) in [5.74, 6) is 5.89. The van der Waals surface area contributed by atoms with Crippen LogP contribution in [0, 0.1) is 41.4 Å². The van der Waals surface area contributed by atoms with Crippen molar-refractivity contribution < 1.29 is 4.79 Å². The third-order valence-electron chi connectivity index (χ3n) is 13.3. The molecular formula is C34H52N4O. The molecule has 5 saturated carbocycles. The number of fused-ring (bicyclic) bond motifs is 4. The quantitative estimate of drug-likeness (QED) is 0.386. The van der Waals surface area contributed by atoms with Crippen molar-refractivity contribution in [1.82, 2.24) is 9.91 Å². The molecule has 8 aliphatic rings. The van der Waals surface area contributed by atoms with Crippen molar-refractivity contribution in [3.05, 3.63) is 0 Å². The largest absolute Gasteiger partial charge is 0.295 e. The fourth-order valence-electron chi connectivity index (χ4n) is 11.5. The van der Waals surface area contributed by atoms with E-state index in [2.05, 4.69) is 16.8 Å². The van der Waals surface area contributed by atoms with E-state index in [-0.39, 0.29) is 5.92 Å². The van der Waals surface area contributed by atoms with Gasteiger partial charge >= 0.3 is 0 Å². The van der Waals surface area contributed by atoms with Crippen LogP contribution in [0.15, 0.2) is 10.1 Å². The Labute approximate surface area is 236 Å². The minimum Gasteiger partial charge on any atom is -0.295 e.